The molecule has 0 aromatic heterocycles. The zero-order chi connectivity index (χ0) is 18.3. The number of sulfonamides is 1. The summed E-state index contributed by atoms with van der Waals surface area (Å²) in [6.45, 7) is 4.39. The lowest BCUT2D eigenvalue weighted by Crippen LogP contribution is -2.35. The number of amides is 1. The first-order chi connectivity index (χ1) is 11.2. The van der Waals surface area contributed by atoms with Crippen molar-refractivity contribution in [2.75, 3.05) is 38.9 Å². The number of carbonyl (C=O) groups is 1. The van der Waals surface area contributed by atoms with E-state index < -0.39 is 10.0 Å². The van der Waals surface area contributed by atoms with Gasteiger partial charge in [0.25, 0.3) is 0 Å². The van der Waals surface area contributed by atoms with Gasteiger partial charge in [-0.05, 0) is 18.1 Å². The van der Waals surface area contributed by atoms with Crippen LogP contribution in [0.3, 0.4) is 0 Å². The van der Waals surface area contributed by atoms with E-state index in [1.54, 1.807) is 25.3 Å². The summed E-state index contributed by atoms with van der Waals surface area (Å²) in [5, 5.41) is 2.73. The lowest BCUT2D eigenvalue weighted by Gasteiger charge is -2.21. The summed E-state index contributed by atoms with van der Waals surface area (Å²) >= 11 is 0. The third kappa shape index (κ3) is 6.37. The van der Waals surface area contributed by atoms with Crippen molar-refractivity contribution in [2.24, 2.45) is 5.92 Å². The molecule has 0 aliphatic rings. The Morgan fingerprint density at radius 1 is 1.25 bits per heavy atom. The topological polar surface area (TPSA) is 84.9 Å². The lowest BCUT2D eigenvalue weighted by atomic mass is 10.2. The maximum absolute atomic E-state index is 12.1. The molecule has 8 heteroatoms. The van der Waals surface area contributed by atoms with E-state index in [4.69, 9.17) is 9.47 Å². The number of methoxy groups -OCH3 is 2. The SMILES string of the molecule is COc1ccc(NC(=O)CCN(CC(C)C)S(C)(=O)=O)c(OC)c1. The molecule has 0 aliphatic heterocycles. The molecule has 0 atom stereocenters. The number of hydrogen-bond donors (Lipinski definition) is 1. The van der Waals surface area contributed by atoms with Crippen LogP contribution in [0.15, 0.2) is 18.2 Å². The van der Waals surface area contributed by atoms with Gasteiger partial charge in [0.2, 0.25) is 15.9 Å². The third-order valence-corrected chi connectivity index (χ3v) is 4.58. The Labute approximate surface area is 144 Å². The van der Waals surface area contributed by atoms with Crippen LogP contribution < -0.4 is 14.8 Å². The Balaban J connectivity index is 2.72. The van der Waals surface area contributed by atoms with Crippen molar-refractivity contribution in [1.29, 1.82) is 0 Å². The van der Waals surface area contributed by atoms with Crippen molar-refractivity contribution in [3.05, 3.63) is 18.2 Å². The molecule has 1 aromatic carbocycles. The Hall–Kier alpha value is -1.80. The quantitative estimate of drug-likeness (QED) is 0.729. The lowest BCUT2D eigenvalue weighted by molar-refractivity contribution is -0.116. The summed E-state index contributed by atoms with van der Waals surface area (Å²) in [7, 11) is -0.297. The zero-order valence-corrected chi connectivity index (χ0v) is 15.6. The maximum atomic E-state index is 12.1. The van der Waals surface area contributed by atoms with Crippen molar-refractivity contribution in [2.45, 2.75) is 20.3 Å². The molecule has 0 aliphatic carbocycles. The highest BCUT2D eigenvalue weighted by Crippen LogP contribution is 2.29. The molecule has 136 valence electrons. The number of carbonyl (C=O) groups excluding carboxylic acids is 1. The molecule has 24 heavy (non-hydrogen) atoms. The molecule has 0 heterocycles. The molecule has 1 rings (SSSR count). The smallest absolute Gasteiger partial charge is 0.225 e. The number of hydrogen-bond acceptors (Lipinski definition) is 5. The summed E-state index contributed by atoms with van der Waals surface area (Å²) in [6, 6.07) is 5.05. The van der Waals surface area contributed by atoms with Gasteiger partial charge in [0.15, 0.2) is 0 Å². The molecule has 1 N–H and O–H groups in total. The van der Waals surface area contributed by atoms with Gasteiger partial charge >= 0.3 is 0 Å². The van der Waals surface area contributed by atoms with E-state index in [0.29, 0.717) is 23.7 Å². The van der Waals surface area contributed by atoms with Crippen molar-refractivity contribution in [3.8, 4) is 11.5 Å². The van der Waals surface area contributed by atoms with Crippen LogP contribution in [0.25, 0.3) is 0 Å². The van der Waals surface area contributed by atoms with Gasteiger partial charge in [-0.3, -0.25) is 4.79 Å². The minimum Gasteiger partial charge on any atom is -0.497 e. The summed E-state index contributed by atoms with van der Waals surface area (Å²) in [5.74, 6) is 0.996. The van der Waals surface area contributed by atoms with Crippen LogP contribution in [0.2, 0.25) is 0 Å². The second-order valence-corrected chi connectivity index (χ2v) is 7.86. The number of nitrogens with zero attached hydrogens (tertiary/aromatic N) is 1. The van der Waals surface area contributed by atoms with Crippen molar-refractivity contribution < 1.29 is 22.7 Å². The Bertz CT molecular complexity index is 658. The molecule has 0 bridgehead atoms. The normalized spacial score (nSPS) is 11.6. The fourth-order valence-electron chi connectivity index (χ4n) is 2.14. The van der Waals surface area contributed by atoms with Gasteiger partial charge in [0, 0.05) is 25.6 Å². The highest BCUT2D eigenvalue weighted by molar-refractivity contribution is 7.88. The predicted molar refractivity (Wildman–Crippen MR) is 94.0 cm³/mol. The van der Waals surface area contributed by atoms with Gasteiger partial charge < -0.3 is 14.8 Å². The minimum atomic E-state index is -3.34. The molecule has 1 aromatic rings. The van der Waals surface area contributed by atoms with Crippen LogP contribution in [-0.2, 0) is 14.8 Å². The summed E-state index contributed by atoms with van der Waals surface area (Å²) in [5.41, 5.74) is 0.512. The average Bonchev–Trinajstić information content (AvgIpc) is 2.50. The van der Waals surface area contributed by atoms with Gasteiger partial charge in [0.1, 0.15) is 11.5 Å². The van der Waals surface area contributed by atoms with Crippen LogP contribution in [0.4, 0.5) is 5.69 Å². The van der Waals surface area contributed by atoms with Crippen LogP contribution in [-0.4, -0.2) is 52.2 Å². The monoisotopic (exact) mass is 358 g/mol. The van der Waals surface area contributed by atoms with Crippen LogP contribution in [0.1, 0.15) is 20.3 Å². The molecule has 7 nitrogen and oxygen atoms in total. The fraction of sp³-hybridized carbons (Fsp3) is 0.562. The zero-order valence-electron chi connectivity index (χ0n) is 14.8. The van der Waals surface area contributed by atoms with Gasteiger partial charge in [-0.2, -0.15) is 0 Å². The highest BCUT2D eigenvalue weighted by Gasteiger charge is 2.19. The van der Waals surface area contributed by atoms with Crippen molar-refractivity contribution >= 4 is 21.6 Å². The molecule has 0 saturated carbocycles. The number of nitrogens with one attached hydrogen (secondary N) is 1. The first kappa shape index (κ1) is 20.2. The van der Waals surface area contributed by atoms with E-state index in [2.05, 4.69) is 5.32 Å². The molecular weight excluding hydrogens is 332 g/mol. The largest absolute Gasteiger partial charge is 0.497 e. The molecular formula is C16H26N2O5S. The Kier molecular flexibility index (Phi) is 7.50. The minimum absolute atomic E-state index is 0.0645. The summed E-state index contributed by atoms with van der Waals surface area (Å²) < 4.78 is 35.2. The van der Waals surface area contributed by atoms with Gasteiger partial charge in [-0.15, -0.1) is 0 Å². The third-order valence-electron chi connectivity index (χ3n) is 3.31. The summed E-state index contributed by atoms with van der Waals surface area (Å²) in [6.07, 6.45) is 1.22. The molecule has 1 amide bonds. The molecule has 0 radical (unpaired) electrons. The Morgan fingerprint density at radius 3 is 2.42 bits per heavy atom. The van der Waals surface area contributed by atoms with Gasteiger partial charge in [-0.25, -0.2) is 12.7 Å². The molecule has 0 fully saturated rings. The van der Waals surface area contributed by atoms with Crippen LogP contribution in [0.5, 0.6) is 11.5 Å². The van der Waals surface area contributed by atoms with E-state index in [1.165, 1.54) is 11.4 Å². The van der Waals surface area contributed by atoms with Crippen LogP contribution in [0, 0.1) is 5.92 Å². The van der Waals surface area contributed by atoms with E-state index in [1.807, 2.05) is 13.8 Å². The average molecular weight is 358 g/mol. The predicted octanol–water partition coefficient (Wildman–Crippen LogP) is 1.95. The van der Waals surface area contributed by atoms with E-state index in [-0.39, 0.29) is 24.8 Å². The number of ether oxygens (including phenoxy) is 2. The molecule has 0 spiro atoms. The van der Waals surface area contributed by atoms with Crippen molar-refractivity contribution in [1.82, 2.24) is 4.31 Å². The van der Waals surface area contributed by atoms with Gasteiger partial charge in [0.05, 0.1) is 26.2 Å². The Morgan fingerprint density at radius 2 is 1.92 bits per heavy atom. The molecule has 0 unspecified atom stereocenters. The van der Waals surface area contributed by atoms with Crippen LogP contribution >= 0.6 is 0 Å². The second-order valence-electron chi connectivity index (χ2n) is 5.88. The van der Waals surface area contributed by atoms with Crippen molar-refractivity contribution in [3.63, 3.8) is 0 Å². The summed E-state index contributed by atoms with van der Waals surface area (Å²) in [4.78, 5) is 12.1. The number of benzene rings is 1. The first-order valence-electron chi connectivity index (χ1n) is 7.64. The number of rotatable bonds is 9. The number of anilines is 1. The highest BCUT2D eigenvalue weighted by atomic mass is 32.2. The maximum Gasteiger partial charge on any atom is 0.225 e. The van der Waals surface area contributed by atoms with E-state index in [0.717, 1.165) is 6.26 Å². The van der Waals surface area contributed by atoms with Gasteiger partial charge in [-0.1, -0.05) is 13.8 Å². The second kappa shape index (κ2) is 8.89. The standard InChI is InChI=1S/C16H26N2O5S/c1-12(2)11-18(24(5,20)21)9-8-16(19)17-14-7-6-13(22-3)10-15(14)23-4/h6-7,10,12H,8-9,11H2,1-5H3,(H,17,19). The van der Waals surface area contributed by atoms with E-state index >= 15 is 0 Å². The van der Waals surface area contributed by atoms with E-state index in [9.17, 15) is 13.2 Å². The molecule has 0 saturated heterocycles. The fourth-order valence-corrected chi connectivity index (χ4v) is 3.13. The first-order valence-corrected chi connectivity index (χ1v) is 9.49.